The second kappa shape index (κ2) is 6.83. The van der Waals surface area contributed by atoms with Crippen LogP contribution in [0.25, 0.3) is 0 Å². The number of hydrogen-bond acceptors (Lipinski definition) is 5. The van der Waals surface area contributed by atoms with Gasteiger partial charge in [-0.05, 0) is 35.9 Å². The molecule has 0 aliphatic carbocycles. The van der Waals surface area contributed by atoms with E-state index in [9.17, 15) is 14.7 Å². The van der Waals surface area contributed by atoms with Crippen molar-refractivity contribution in [2.75, 3.05) is 14.2 Å². The number of phenols is 1. The van der Waals surface area contributed by atoms with Crippen LogP contribution >= 0.6 is 0 Å². The predicted molar refractivity (Wildman–Crippen MR) is 82.6 cm³/mol. The van der Waals surface area contributed by atoms with Gasteiger partial charge in [-0.3, -0.25) is 4.79 Å². The van der Waals surface area contributed by atoms with Crippen LogP contribution in [-0.4, -0.2) is 36.2 Å². The van der Waals surface area contributed by atoms with Crippen molar-refractivity contribution >= 4 is 11.8 Å². The first-order chi connectivity index (χ1) is 10.9. The highest BCUT2D eigenvalue weighted by Crippen LogP contribution is 2.24. The van der Waals surface area contributed by atoms with E-state index in [0.29, 0.717) is 17.1 Å². The second-order valence-electron chi connectivity index (χ2n) is 4.86. The third-order valence-corrected chi connectivity index (χ3v) is 3.32. The van der Waals surface area contributed by atoms with Gasteiger partial charge < -0.3 is 19.7 Å². The summed E-state index contributed by atoms with van der Waals surface area (Å²) in [6.45, 7) is 0. The molecule has 120 valence electrons. The molecule has 0 bridgehead atoms. The molecule has 0 atom stereocenters. The van der Waals surface area contributed by atoms with Crippen molar-refractivity contribution in [3.63, 3.8) is 0 Å². The maximum atomic E-state index is 12.3. The van der Waals surface area contributed by atoms with Crippen LogP contribution in [0.1, 0.15) is 26.3 Å². The molecule has 0 amide bonds. The molecule has 2 aromatic rings. The molecule has 2 N–H and O–H groups in total. The third kappa shape index (κ3) is 3.79. The third-order valence-electron chi connectivity index (χ3n) is 3.32. The molecule has 2 rings (SSSR count). The van der Waals surface area contributed by atoms with Gasteiger partial charge in [0.15, 0.2) is 5.78 Å². The van der Waals surface area contributed by atoms with Crippen LogP contribution in [0, 0.1) is 0 Å². The molecule has 0 aliphatic heterocycles. The number of hydrogen-bond donors (Lipinski definition) is 2. The van der Waals surface area contributed by atoms with Crippen molar-refractivity contribution in [2.45, 2.75) is 6.42 Å². The first-order valence-electron chi connectivity index (χ1n) is 6.76. The van der Waals surface area contributed by atoms with Crippen LogP contribution in [0.3, 0.4) is 0 Å². The lowest BCUT2D eigenvalue weighted by molar-refractivity contribution is 0.0693. The van der Waals surface area contributed by atoms with Crippen molar-refractivity contribution in [3.8, 4) is 17.2 Å². The molecule has 0 heterocycles. The fraction of sp³-hybridized carbons (Fsp3) is 0.176. The minimum atomic E-state index is -1.29. The van der Waals surface area contributed by atoms with Crippen molar-refractivity contribution in [3.05, 3.63) is 53.1 Å². The summed E-state index contributed by atoms with van der Waals surface area (Å²) < 4.78 is 10.3. The number of Topliss-reactive ketones (excluding diaryl/α,β-unsaturated/α-hetero) is 1. The first kappa shape index (κ1) is 16.4. The summed E-state index contributed by atoms with van der Waals surface area (Å²) in [6.07, 6.45) is 0.0530. The number of carboxylic acid groups (broad SMARTS) is 1. The van der Waals surface area contributed by atoms with Gasteiger partial charge in [0.1, 0.15) is 22.8 Å². The van der Waals surface area contributed by atoms with Gasteiger partial charge in [0, 0.05) is 18.1 Å². The van der Waals surface area contributed by atoms with E-state index in [1.54, 1.807) is 18.2 Å². The summed E-state index contributed by atoms with van der Waals surface area (Å²) in [6, 6.07) is 8.86. The maximum absolute atomic E-state index is 12.3. The molecule has 0 aromatic heterocycles. The van der Waals surface area contributed by atoms with Crippen molar-refractivity contribution in [1.82, 2.24) is 0 Å². The molecule has 2 aromatic carbocycles. The highest BCUT2D eigenvalue weighted by molar-refractivity contribution is 6.01. The number of ketones is 1. The summed E-state index contributed by atoms with van der Waals surface area (Å²) in [7, 11) is 3.03. The predicted octanol–water partition coefficient (Wildman–Crippen LogP) is 2.53. The van der Waals surface area contributed by atoms with E-state index in [4.69, 9.17) is 14.6 Å². The molecule has 0 aliphatic rings. The van der Waals surface area contributed by atoms with E-state index in [1.165, 1.54) is 26.4 Å². The summed E-state index contributed by atoms with van der Waals surface area (Å²) >= 11 is 0. The molecule has 6 nitrogen and oxygen atoms in total. The highest BCUT2D eigenvalue weighted by atomic mass is 16.5. The lowest BCUT2D eigenvalue weighted by Crippen LogP contribution is -2.06. The van der Waals surface area contributed by atoms with Crippen molar-refractivity contribution < 1.29 is 29.3 Å². The molecule has 0 saturated carbocycles. The van der Waals surface area contributed by atoms with Gasteiger partial charge in [-0.2, -0.15) is 0 Å². The van der Waals surface area contributed by atoms with E-state index in [-0.39, 0.29) is 29.1 Å². The summed E-state index contributed by atoms with van der Waals surface area (Å²) in [5, 5.41) is 18.5. The molecule has 23 heavy (non-hydrogen) atoms. The molecule has 0 saturated heterocycles. The van der Waals surface area contributed by atoms with Crippen molar-refractivity contribution in [1.29, 1.82) is 0 Å². The van der Waals surface area contributed by atoms with Gasteiger partial charge in [0.25, 0.3) is 0 Å². The summed E-state index contributed by atoms with van der Waals surface area (Å²) in [5.74, 6) is -0.826. The quantitative estimate of drug-likeness (QED) is 0.796. The minimum Gasteiger partial charge on any atom is -0.507 e. The Balaban J connectivity index is 2.29. The van der Waals surface area contributed by atoms with E-state index in [2.05, 4.69) is 0 Å². The molecule has 0 unspecified atom stereocenters. The molecule has 0 radical (unpaired) electrons. The van der Waals surface area contributed by atoms with Gasteiger partial charge >= 0.3 is 5.97 Å². The Morgan fingerprint density at radius 1 is 1.00 bits per heavy atom. The lowest BCUT2D eigenvalue weighted by atomic mass is 10.0. The molecular formula is C17H16O6. The monoisotopic (exact) mass is 316 g/mol. The number of carbonyl (C=O) groups excluding carboxylic acids is 1. The Bertz CT molecular complexity index is 728. The Morgan fingerprint density at radius 2 is 1.61 bits per heavy atom. The number of aromatic hydroxyl groups is 1. The van der Waals surface area contributed by atoms with E-state index in [0.717, 1.165) is 6.07 Å². The first-order valence-corrected chi connectivity index (χ1v) is 6.76. The average molecular weight is 316 g/mol. The van der Waals surface area contributed by atoms with Crippen molar-refractivity contribution in [2.24, 2.45) is 0 Å². The van der Waals surface area contributed by atoms with Gasteiger partial charge in [0.05, 0.1) is 14.2 Å². The zero-order valence-corrected chi connectivity index (χ0v) is 12.7. The number of ether oxygens (including phenoxy) is 2. The van der Waals surface area contributed by atoms with Crippen LogP contribution in [-0.2, 0) is 6.42 Å². The maximum Gasteiger partial charge on any atom is 0.339 e. The highest BCUT2D eigenvalue weighted by Gasteiger charge is 2.15. The zero-order chi connectivity index (χ0) is 17.0. The Morgan fingerprint density at radius 3 is 2.13 bits per heavy atom. The summed E-state index contributed by atoms with van der Waals surface area (Å²) in [4.78, 5) is 23.4. The largest absolute Gasteiger partial charge is 0.507 e. The van der Waals surface area contributed by atoms with E-state index >= 15 is 0 Å². The Hall–Kier alpha value is -3.02. The average Bonchev–Trinajstić information content (AvgIpc) is 2.54. The summed E-state index contributed by atoms with van der Waals surface area (Å²) in [5.41, 5.74) is 0.581. The number of carbonyl (C=O) groups is 2. The van der Waals surface area contributed by atoms with Crippen LogP contribution in [0.15, 0.2) is 36.4 Å². The van der Waals surface area contributed by atoms with Gasteiger partial charge in [0.2, 0.25) is 0 Å². The van der Waals surface area contributed by atoms with Gasteiger partial charge in [-0.1, -0.05) is 0 Å². The van der Waals surface area contributed by atoms with Gasteiger partial charge in [-0.25, -0.2) is 4.79 Å². The number of benzene rings is 2. The Kier molecular flexibility index (Phi) is 4.85. The zero-order valence-electron chi connectivity index (χ0n) is 12.7. The standard InChI is InChI=1S/C17H16O6/c1-22-12-5-10(6-13(9-12)23-2)7-16(19)11-3-4-15(18)14(8-11)17(20)21/h3-6,8-9,18H,7H2,1-2H3,(H,20,21). The smallest absolute Gasteiger partial charge is 0.339 e. The number of aromatic carboxylic acids is 1. The molecule has 0 spiro atoms. The van der Waals surface area contributed by atoms with Crippen LogP contribution in [0.4, 0.5) is 0 Å². The van der Waals surface area contributed by atoms with Crippen LogP contribution in [0.5, 0.6) is 17.2 Å². The van der Waals surface area contributed by atoms with E-state index < -0.39 is 5.97 Å². The van der Waals surface area contributed by atoms with Crippen LogP contribution in [0.2, 0.25) is 0 Å². The fourth-order valence-electron chi connectivity index (χ4n) is 2.14. The lowest BCUT2D eigenvalue weighted by Gasteiger charge is -2.09. The molecule has 6 heteroatoms. The Labute approximate surface area is 132 Å². The number of carboxylic acids is 1. The van der Waals surface area contributed by atoms with Crippen LogP contribution < -0.4 is 9.47 Å². The second-order valence-corrected chi connectivity index (χ2v) is 4.86. The van der Waals surface area contributed by atoms with Gasteiger partial charge in [-0.15, -0.1) is 0 Å². The normalized spacial score (nSPS) is 10.2. The topological polar surface area (TPSA) is 93.1 Å². The molecular weight excluding hydrogens is 300 g/mol. The fourth-order valence-corrected chi connectivity index (χ4v) is 2.14. The SMILES string of the molecule is COc1cc(CC(=O)c2ccc(O)c(C(=O)O)c2)cc(OC)c1. The molecule has 0 fully saturated rings. The number of rotatable bonds is 6. The minimum absolute atomic E-state index is 0.0530. The number of methoxy groups -OCH3 is 2. The van der Waals surface area contributed by atoms with E-state index in [1.807, 2.05) is 0 Å².